The fourth-order valence-electron chi connectivity index (χ4n) is 2.63. The lowest BCUT2D eigenvalue weighted by Gasteiger charge is -2.31. The van der Waals surface area contributed by atoms with E-state index in [2.05, 4.69) is 0 Å². The predicted molar refractivity (Wildman–Crippen MR) is 81.3 cm³/mol. The van der Waals surface area contributed by atoms with Gasteiger partial charge in [-0.2, -0.15) is 4.31 Å². The number of aryl methyl sites for hydroxylation is 1. The maximum absolute atomic E-state index is 13.3. The topological polar surface area (TPSA) is 57.7 Å². The number of piperidine rings is 1. The largest absolute Gasteiger partial charge is 0.349 e. The maximum atomic E-state index is 13.3. The molecule has 0 atom stereocenters. The zero-order chi connectivity index (χ0) is 16.5. The minimum Gasteiger partial charge on any atom is -0.349 e. The summed E-state index contributed by atoms with van der Waals surface area (Å²) < 4.78 is 39.8. The van der Waals surface area contributed by atoms with Crippen LogP contribution in [0.2, 0.25) is 0 Å². The molecule has 0 unspecified atom stereocenters. The molecule has 0 saturated carbocycles. The molecule has 0 radical (unpaired) electrons. The summed E-state index contributed by atoms with van der Waals surface area (Å²) in [7, 11) is -0.227. The molecule has 22 heavy (non-hydrogen) atoms. The summed E-state index contributed by atoms with van der Waals surface area (Å²) in [6.45, 7) is 2.16. The Balaban J connectivity index is 2.12. The highest BCUT2D eigenvalue weighted by Gasteiger charge is 2.32. The van der Waals surface area contributed by atoms with Crippen molar-refractivity contribution < 1.29 is 17.6 Å². The van der Waals surface area contributed by atoms with E-state index in [0.29, 0.717) is 31.5 Å². The molecule has 1 amide bonds. The van der Waals surface area contributed by atoms with E-state index >= 15 is 0 Å². The van der Waals surface area contributed by atoms with E-state index in [-0.39, 0.29) is 16.7 Å². The van der Waals surface area contributed by atoms with Crippen molar-refractivity contribution in [2.75, 3.05) is 27.2 Å². The van der Waals surface area contributed by atoms with E-state index in [0.717, 1.165) is 0 Å². The summed E-state index contributed by atoms with van der Waals surface area (Å²) in [5.74, 6) is -0.514. The molecule has 1 aliphatic rings. The van der Waals surface area contributed by atoms with Gasteiger partial charge in [-0.3, -0.25) is 4.79 Å². The lowest BCUT2D eigenvalue weighted by atomic mass is 9.97. The number of amides is 1. The van der Waals surface area contributed by atoms with E-state index in [9.17, 15) is 17.6 Å². The van der Waals surface area contributed by atoms with Gasteiger partial charge in [0.2, 0.25) is 15.9 Å². The Labute approximate surface area is 130 Å². The van der Waals surface area contributed by atoms with E-state index in [4.69, 9.17) is 0 Å². The van der Waals surface area contributed by atoms with Gasteiger partial charge in [0.1, 0.15) is 5.82 Å². The van der Waals surface area contributed by atoms with Crippen LogP contribution in [0.5, 0.6) is 0 Å². The molecular formula is C15H21FN2O3S. The molecule has 1 heterocycles. The monoisotopic (exact) mass is 328 g/mol. The molecule has 5 nitrogen and oxygen atoms in total. The lowest BCUT2D eigenvalue weighted by molar-refractivity contribution is -0.134. The van der Waals surface area contributed by atoms with Gasteiger partial charge in [-0.15, -0.1) is 0 Å². The van der Waals surface area contributed by atoms with Crippen LogP contribution < -0.4 is 0 Å². The van der Waals surface area contributed by atoms with Crippen LogP contribution in [0.25, 0.3) is 0 Å². The Hall–Kier alpha value is -1.47. The molecule has 1 saturated heterocycles. The Morgan fingerprint density at radius 3 is 2.36 bits per heavy atom. The summed E-state index contributed by atoms with van der Waals surface area (Å²) in [6.07, 6.45) is 1.02. The Morgan fingerprint density at radius 1 is 1.27 bits per heavy atom. The standard InChI is InChI=1S/C15H21FN2O3S/c1-11-10-13(4-5-14(11)16)22(20,21)18-8-6-12(7-9-18)15(19)17(2)3/h4-5,10,12H,6-9H2,1-3H3. The van der Waals surface area contributed by atoms with Crippen LogP contribution in [-0.4, -0.2) is 50.7 Å². The molecule has 7 heteroatoms. The van der Waals surface area contributed by atoms with Crippen LogP contribution in [0.1, 0.15) is 18.4 Å². The predicted octanol–water partition coefficient (Wildman–Crippen LogP) is 1.62. The second kappa shape index (κ2) is 6.34. The van der Waals surface area contributed by atoms with Crippen LogP contribution >= 0.6 is 0 Å². The molecule has 0 N–H and O–H groups in total. The first-order valence-electron chi connectivity index (χ1n) is 7.21. The number of halogens is 1. The maximum Gasteiger partial charge on any atom is 0.243 e. The number of sulfonamides is 1. The van der Waals surface area contributed by atoms with Gasteiger partial charge >= 0.3 is 0 Å². The Bertz CT molecular complexity index is 665. The summed E-state index contributed by atoms with van der Waals surface area (Å²) >= 11 is 0. The normalized spacial score (nSPS) is 17.5. The average Bonchev–Trinajstić information content (AvgIpc) is 2.49. The van der Waals surface area contributed by atoms with Crippen molar-refractivity contribution in [3.05, 3.63) is 29.6 Å². The van der Waals surface area contributed by atoms with Gasteiger partial charge < -0.3 is 4.90 Å². The molecule has 1 aromatic rings. The van der Waals surface area contributed by atoms with Crippen molar-refractivity contribution in [2.45, 2.75) is 24.7 Å². The van der Waals surface area contributed by atoms with Crippen molar-refractivity contribution in [3.8, 4) is 0 Å². The fourth-order valence-corrected chi connectivity index (χ4v) is 4.19. The molecule has 0 aromatic heterocycles. The summed E-state index contributed by atoms with van der Waals surface area (Å²) in [4.78, 5) is 13.6. The number of nitrogens with zero attached hydrogens (tertiary/aromatic N) is 2. The molecule has 0 aliphatic carbocycles. The number of carbonyl (C=O) groups is 1. The van der Waals surface area contributed by atoms with E-state index in [1.165, 1.54) is 34.3 Å². The third-order valence-electron chi connectivity index (χ3n) is 4.01. The van der Waals surface area contributed by atoms with Gasteiger partial charge in [0.15, 0.2) is 0 Å². The lowest BCUT2D eigenvalue weighted by Crippen LogP contribution is -2.42. The number of carbonyl (C=O) groups excluding carboxylic acids is 1. The van der Waals surface area contributed by atoms with Crippen LogP contribution in [-0.2, 0) is 14.8 Å². The molecule has 1 aromatic carbocycles. The highest BCUT2D eigenvalue weighted by molar-refractivity contribution is 7.89. The Morgan fingerprint density at radius 2 is 1.86 bits per heavy atom. The first kappa shape index (κ1) is 16.9. The van der Waals surface area contributed by atoms with E-state index < -0.39 is 15.8 Å². The van der Waals surface area contributed by atoms with Gasteiger partial charge in [0.25, 0.3) is 0 Å². The highest BCUT2D eigenvalue weighted by atomic mass is 32.2. The summed E-state index contributed by atoms with van der Waals surface area (Å²) in [6, 6.07) is 3.81. The molecule has 122 valence electrons. The minimum absolute atomic E-state index is 0.0367. The van der Waals surface area contributed by atoms with E-state index in [1.807, 2.05) is 0 Å². The van der Waals surface area contributed by atoms with Gasteiger partial charge in [0, 0.05) is 33.1 Å². The molecule has 0 spiro atoms. The first-order chi connectivity index (χ1) is 10.2. The zero-order valence-electron chi connectivity index (χ0n) is 13.0. The van der Waals surface area contributed by atoms with Gasteiger partial charge in [0.05, 0.1) is 4.90 Å². The van der Waals surface area contributed by atoms with E-state index in [1.54, 1.807) is 14.1 Å². The van der Waals surface area contributed by atoms with Crippen molar-refractivity contribution in [1.82, 2.24) is 9.21 Å². The summed E-state index contributed by atoms with van der Waals surface area (Å²) in [5.41, 5.74) is 0.304. The second-order valence-electron chi connectivity index (χ2n) is 5.82. The number of rotatable bonds is 3. The number of hydrogen-bond donors (Lipinski definition) is 0. The van der Waals surface area contributed by atoms with Crippen LogP contribution in [0.4, 0.5) is 4.39 Å². The van der Waals surface area contributed by atoms with Gasteiger partial charge in [-0.05, 0) is 43.5 Å². The molecule has 1 fully saturated rings. The van der Waals surface area contributed by atoms with Crippen molar-refractivity contribution >= 4 is 15.9 Å². The van der Waals surface area contributed by atoms with Crippen LogP contribution in [0, 0.1) is 18.7 Å². The summed E-state index contributed by atoms with van der Waals surface area (Å²) in [5, 5.41) is 0. The number of hydrogen-bond acceptors (Lipinski definition) is 3. The van der Waals surface area contributed by atoms with Gasteiger partial charge in [-0.25, -0.2) is 12.8 Å². The zero-order valence-corrected chi connectivity index (χ0v) is 13.9. The molecular weight excluding hydrogens is 307 g/mol. The second-order valence-corrected chi connectivity index (χ2v) is 7.76. The average molecular weight is 328 g/mol. The highest BCUT2D eigenvalue weighted by Crippen LogP contribution is 2.25. The molecule has 1 aliphatic heterocycles. The first-order valence-corrected chi connectivity index (χ1v) is 8.65. The van der Waals surface area contributed by atoms with Crippen molar-refractivity contribution in [3.63, 3.8) is 0 Å². The van der Waals surface area contributed by atoms with Crippen LogP contribution in [0.3, 0.4) is 0 Å². The Kier molecular flexibility index (Phi) is 4.87. The quantitative estimate of drug-likeness (QED) is 0.847. The third kappa shape index (κ3) is 3.30. The minimum atomic E-state index is -3.63. The number of benzene rings is 1. The molecule has 2 rings (SSSR count). The van der Waals surface area contributed by atoms with Crippen LogP contribution in [0.15, 0.2) is 23.1 Å². The van der Waals surface area contributed by atoms with Crippen molar-refractivity contribution in [1.29, 1.82) is 0 Å². The SMILES string of the molecule is Cc1cc(S(=O)(=O)N2CCC(C(=O)N(C)C)CC2)ccc1F. The van der Waals surface area contributed by atoms with Gasteiger partial charge in [-0.1, -0.05) is 0 Å². The smallest absolute Gasteiger partial charge is 0.243 e. The molecule has 0 bridgehead atoms. The third-order valence-corrected chi connectivity index (χ3v) is 5.91. The van der Waals surface area contributed by atoms with Crippen molar-refractivity contribution in [2.24, 2.45) is 5.92 Å². The fraction of sp³-hybridized carbons (Fsp3) is 0.533.